The lowest BCUT2D eigenvalue weighted by atomic mass is 9.65. The number of nitrogens with zero attached hydrogens (tertiary/aromatic N) is 2. The van der Waals surface area contributed by atoms with Crippen LogP contribution in [0.5, 0.6) is 0 Å². The molecule has 2 heterocycles. The van der Waals surface area contributed by atoms with E-state index in [-0.39, 0.29) is 11.3 Å². The van der Waals surface area contributed by atoms with Crippen LogP contribution in [-0.4, -0.2) is 28.4 Å². The Labute approximate surface area is 126 Å². The third kappa shape index (κ3) is 2.89. The minimum absolute atomic E-state index is 0.207. The molecule has 1 amide bonds. The molecule has 1 aromatic rings. The SMILES string of the molecule is CC1(C)CC2CC(C)(CN2C(=O)Cc2ccc(N)cn2)C1. The van der Waals surface area contributed by atoms with Crippen LogP contribution in [-0.2, 0) is 11.2 Å². The van der Waals surface area contributed by atoms with Gasteiger partial charge in [0, 0.05) is 18.3 Å². The van der Waals surface area contributed by atoms with Crippen LogP contribution in [0.25, 0.3) is 0 Å². The molecule has 2 bridgehead atoms. The number of hydrogen-bond acceptors (Lipinski definition) is 3. The highest BCUT2D eigenvalue weighted by atomic mass is 16.2. The predicted octanol–water partition coefficient (Wildman–Crippen LogP) is 2.63. The van der Waals surface area contributed by atoms with Crippen molar-refractivity contribution in [2.45, 2.75) is 52.5 Å². The first-order valence-electron chi connectivity index (χ1n) is 7.76. The molecular formula is C17H25N3O. The summed E-state index contributed by atoms with van der Waals surface area (Å²) in [6.07, 6.45) is 5.48. The van der Waals surface area contributed by atoms with Crippen molar-refractivity contribution in [1.29, 1.82) is 0 Å². The Balaban J connectivity index is 1.73. The molecule has 4 heteroatoms. The number of nitrogen functional groups attached to an aromatic ring is 1. The van der Waals surface area contributed by atoms with E-state index in [1.54, 1.807) is 6.20 Å². The Morgan fingerprint density at radius 3 is 2.81 bits per heavy atom. The summed E-state index contributed by atoms with van der Waals surface area (Å²) in [6.45, 7) is 7.88. The maximum absolute atomic E-state index is 12.7. The maximum atomic E-state index is 12.7. The fraction of sp³-hybridized carbons (Fsp3) is 0.647. The summed E-state index contributed by atoms with van der Waals surface area (Å²) < 4.78 is 0. The number of carbonyl (C=O) groups excluding carboxylic acids is 1. The standard InChI is InChI=1S/C17H25N3O/c1-16(2)7-14-8-17(3,10-16)11-20(14)15(21)6-13-5-4-12(18)9-19-13/h4-5,9,14H,6-8,10-11,18H2,1-3H3. The van der Waals surface area contributed by atoms with Crippen LogP contribution in [0.15, 0.2) is 18.3 Å². The number of fused-ring (bicyclic) bond motifs is 2. The molecule has 1 aromatic heterocycles. The van der Waals surface area contributed by atoms with Crippen molar-refractivity contribution in [3.8, 4) is 0 Å². The molecule has 2 N–H and O–H groups in total. The normalized spacial score (nSPS) is 30.4. The van der Waals surface area contributed by atoms with E-state index in [9.17, 15) is 4.79 Å². The molecular weight excluding hydrogens is 262 g/mol. The molecule has 2 unspecified atom stereocenters. The van der Waals surface area contributed by atoms with E-state index in [0.717, 1.165) is 25.1 Å². The van der Waals surface area contributed by atoms with Gasteiger partial charge in [0.05, 0.1) is 18.3 Å². The number of hydrogen-bond donors (Lipinski definition) is 1. The number of anilines is 1. The topological polar surface area (TPSA) is 59.2 Å². The zero-order valence-electron chi connectivity index (χ0n) is 13.2. The van der Waals surface area contributed by atoms with E-state index < -0.39 is 0 Å². The van der Waals surface area contributed by atoms with Crippen LogP contribution in [0.1, 0.15) is 45.7 Å². The summed E-state index contributed by atoms with van der Waals surface area (Å²) in [5.74, 6) is 0.207. The average Bonchev–Trinajstić information content (AvgIpc) is 2.61. The molecule has 21 heavy (non-hydrogen) atoms. The van der Waals surface area contributed by atoms with Crippen LogP contribution in [0, 0.1) is 10.8 Å². The van der Waals surface area contributed by atoms with Crippen molar-refractivity contribution in [3.05, 3.63) is 24.0 Å². The number of aromatic nitrogens is 1. The van der Waals surface area contributed by atoms with Gasteiger partial charge >= 0.3 is 0 Å². The highest BCUT2D eigenvalue weighted by Gasteiger charge is 2.50. The van der Waals surface area contributed by atoms with Crippen molar-refractivity contribution in [1.82, 2.24) is 9.88 Å². The van der Waals surface area contributed by atoms with Gasteiger partial charge in [0.2, 0.25) is 5.91 Å². The lowest BCUT2D eigenvalue weighted by molar-refractivity contribution is -0.131. The number of likely N-dealkylation sites (tertiary alicyclic amines) is 1. The van der Waals surface area contributed by atoms with Crippen LogP contribution in [0.4, 0.5) is 5.69 Å². The smallest absolute Gasteiger partial charge is 0.228 e. The van der Waals surface area contributed by atoms with Gasteiger partial charge in [-0.25, -0.2) is 0 Å². The number of rotatable bonds is 2. The van der Waals surface area contributed by atoms with E-state index in [1.807, 2.05) is 12.1 Å². The van der Waals surface area contributed by atoms with E-state index in [0.29, 0.717) is 23.6 Å². The van der Waals surface area contributed by atoms with Gasteiger partial charge < -0.3 is 10.6 Å². The molecule has 1 saturated carbocycles. The molecule has 0 radical (unpaired) electrons. The van der Waals surface area contributed by atoms with Crippen molar-refractivity contribution in [2.24, 2.45) is 10.8 Å². The Bertz CT molecular complexity index is 552. The maximum Gasteiger partial charge on any atom is 0.228 e. The van der Waals surface area contributed by atoms with Crippen molar-refractivity contribution < 1.29 is 4.79 Å². The Hall–Kier alpha value is -1.58. The van der Waals surface area contributed by atoms with E-state index >= 15 is 0 Å². The molecule has 3 rings (SSSR count). The Kier molecular flexibility index (Phi) is 3.23. The quantitative estimate of drug-likeness (QED) is 0.909. The lowest BCUT2D eigenvalue weighted by Crippen LogP contribution is -2.38. The fourth-order valence-corrected chi connectivity index (χ4v) is 4.55. The van der Waals surface area contributed by atoms with Crippen molar-refractivity contribution >= 4 is 11.6 Å². The van der Waals surface area contributed by atoms with Crippen molar-refractivity contribution in [3.63, 3.8) is 0 Å². The molecule has 1 aliphatic heterocycles. The van der Waals surface area contributed by atoms with Crippen LogP contribution in [0.2, 0.25) is 0 Å². The monoisotopic (exact) mass is 287 g/mol. The van der Waals surface area contributed by atoms with Gasteiger partial charge in [-0.1, -0.05) is 20.8 Å². The van der Waals surface area contributed by atoms with Gasteiger partial charge in [-0.2, -0.15) is 0 Å². The van der Waals surface area contributed by atoms with Crippen molar-refractivity contribution in [2.75, 3.05) is 12.3 Å². The summed E-state index contributed by atoms with van der Waals surface area (Å²) >= 11 is 0. The second-order valence-electron chi connectivity index (χ2n) is 8.00. The van der Waals surface area contributed by atoms with Crippen LogP contribution >= 0.6 is 0 Å². The first-order chi connectivity index (χ1) is 9.76. The molecule has 0 spiro atoms. The number of carbonyl (C=O) groups is 1. The third-order valence-electron chi connectivity index (χ3n) is 4.92. The Morgan fingerprint density at radius 2 is 2.14 bits per heavy atom. The highest BCUT2D eigenvalue weighted by Crippen LogP contribution is 2.52. The predicted molar refractivity (Wildman–Crippen MR) is 83.6 cm³/mol. The first kappa shape index (κ1) is 14.4. The number of nitrogens with two attached hydrogens (primary N) is 1. The highest BCUT2D eigenvalue weighted by molar-refractivity contribution is 5.79. The second kappa shape index (κ2) is 4.72. The minimum Gasteiger partial charge on any atom is -0.397 e. The molecule has 2 atom stereocenters. The zero-order chi connectivity index (χ0) is 15.3. The first-order valence-corrected chi connectivity index (χ1v) is 7.76. The summed E-state index contributed by atoms with van der Waals surface area (Å²) in [6, 6.07) is 4.06. The van der Waals surface area contributed by atoms with Gasteiger partial charge in [0.15, 0.2) is 0 Å². The van der Waals surface area contributed by atoms with Gasteiger partial charge in [-0.15, -0.1) is 0 Å². The second-order valence-corrected chi connectivity index (χ2v) is 8.00. The summed E-state index contributed by atoms with van der Waals surface area (Å²) in [5.41, 5.74) is 7.71. The van der Waals surface area contributed by atoms with Gasteiger partial charge in [0.1, 0.15) is 0 Å². The molecule has 114 valence electrons. The minimum atomic E-state index is 0.207. The summed E-state index contributed by atoms with van der Waals surface area (Å²) in [5, 5.41) is 0. The zero-order valence-corrected chi connectivity index (χ0v) is 13.2. The van der Waals surface area contributed by atoms with Gasteiger partial charge in [-0.3, -0.25) is 9.78 Å². The molecule has 0 aromatic carbocycles. The lowest BCUT2D eigenvalue weighted by Gasteiger charge is -2.39. The molecule has 1 aliphatic carbocycles. The largest absolute Gasteiger partial charge is 0.397 e. The number of amides is 1. The summed E-state index contributed by atoms with van der Waals surface area (Å²) in [7, 11) is 0. The van der Waals surface area contributed by atoms with Gasteiger partial charge in [0.25, 0.3) is 0 Å². The fourth-order valence-electron chi connectivity index (χ4n) is 4.55. The summed E-state index contributed by atoms with van der Waals surface area (Å²) in [4.78, 5) is 19.0. The molecule has 2 fully saturated rings. The number of pyridine rings is 1. The van der Waals surface area contributed by atoms with E-state index in [2.05, 4.69) is 30.7 Å². The van der Waals surface area contributed by atoms with Crippen LogP contribution < -0.4 is 5.73 Å². The van der Waals surface area contributed by atoms with Crippen LogP contribution in [0.3, 0.4) is 0 Å². The van der Waals surface area contributed by atoms with Gasteiger partial charge in [-0.05, 0) is 42.2 Å². The average molecular weight is 287 g/mol. The molecule has 1 saturated heterocycles. The van der Waals surface area contributed by atoms with E-state index in [4.69, 9.17) is 5.73 Å². The molecule has 4 nitrogen and oxygen atoms in total. The Morgan fingerprint density at radius 1 is 1.38 bits per heavy atom. The molecule has 2 aliphatic rings. The van der Waals surface area contributed by atoms with E-state index in [1.165, 1.54) is 6.42 Å². The third-order valence-corrected chi connectivity index (χ3v) is 4.92.